The maximum atomic E-state index is 13.0. The van der Waals surface area contributed by atoms with Crippen molar-refractivity contribution in [2.45, 2.75) is 51.4 Å². The zero-order valence-corrected chi connectivity index (χ0v) is 16.9. The van der Waals surface area contributed by atoms with Gasteiger partial charge >= 0.3 is 5.97 Å². The number of β-lactam (4-membered cyclic amide) rings is 1. The highest BCUT2D eigenvalue weighted by molar-refractivity contribution is 5.99. The Morgan fingerprint density at radius 1 is 1.07 bits per heavy atom. The van der Waals surface area contributed by atoms with Gasteiger partial charge in [0.15, 0.2) is 0 Å². The number of ether oxygens (including phenoxy) is 1. The van der Waals surface area contributed by atoms with Crippen LogP contribution >= 0.6 is 0 Å². The number of likely N-dealkylation sites (tertiary alicyclic amines) is 1. The number of amides is 2. The van der Waals surface area contributed by atoms with Crippen LogP contribution in [0.25, 0.3) is 0 Å². The zero-order chi connectivity index (χ0) is 21.0. The van der Waals surface area contributed by atoms with E-state index in [1.54, 1.807) is 24.3 Å². The number of rotatable bonds is 6. The highest BCUT2D eigenvalue weighted by Crippen LogP contribution is 2.33. The van der Waals surface area contributed by atoms with Crippen molar-refractivity contribution >= 4 is 17.8 Å². The van der Waals surface area contributed by atoms with Crippen molar-refractivity contribution in [1.29, 1.82) is 0 Å². The molecule has 2 aromatic carbocycles. The van der Waals surface area contributed by atoms with Gasteiger partial charge in [0.1, 0.15) is 18.7 Å². The van der Waals surface area contributed by atoms with Gasteiger partial charge in [-0.25, -0.2) is 4.79 Å². The van der Waals surface area contributed by atoms with Crippen molar-refractivity contribution in [2.24, 2.45) is 0 Å². The molecule has 2 atom stereocenters. The molecule has 0 aromatic heterocycles. The summed E-state index contributed by atoms with van der Waals surface area (Å²) in [5, 5.41) is 2.92. The molecular formula is C23H26N2O4. The van der Waals surface area contributed by atoms with E-state index in [-0.39, 0.29) is 24.8 Å². The number of nitrogens with one attached hydrogen (secondary N) is 1. The molecular weight excluding hydrogens is 368 g/mol. The van der Waals surface area contributed by atoms with Gasteiger partial charge in [-0.1, -0.05) is 60.7 Å². The Morgan fingerprint density at radius 3 is 2.21 bits per heavy atom. The van der Waals surface area contributed by atoms with Gasteiger partial charge in [-0.2, -0.15) is 0 Å². The number of carbonyl (C=O) groups is 3. The van der Waals surface area contributed by atoms with Crippen molar-refractivity contribution in [2.75, 3.05) is 0 Å². The Hall–Kier alpha value is -3.15. The molecule has 0 spiro atoms. The first-order valence-electron chi connectivity index (χ1n) is 9.65. The van der Waals surface area contributed by atoms with E-state index in [1.807, 2.05) is 57.2 Å². The standard InChI is InChI=1S/C23H26N2O4/c1-23(2,3)24-21(27)20(17-12-8-5-9-13-17)25-18(14-19(25)26)22(28)29-15-16-10-6-4-7-11-16/h4-13,18,20H,14-15H2,1-3H3,(H,24,27)/t18-,20?/m0/s1. The number of benzene rings is 2. The summed E-state index contributed by atoms with van der Waals surface area (Å²) in [6.07, 6.45) is 0.0414. The number of nitrogens with zero attached hydrogens (tertiary/aromatic N) is 1. The Morgan fingerprint density at radius 2 is 1.66 bits per heavy atom. The SMILES string of the molecule is CC(C)(C)NC(=O)C(c1ccccc1)N1C(=O)C[C@H]1C(=O)OCc1ccccc1. The molecule has 6 nitrogen and oxygen atoms in total. The summed E-state index contributed by atoms with van der Waals surface area (Å²) in [7, 11) is 0. The molecule has 29 heavy (non-hydrogen) atoms. The first-order chi connectivity index (χ1) is 13.8. The highest BCUT2D eigenvalue weighted by atomic mass is 16.5. The molecule has 1 fully saturated rings. The lowest BCUT2D eigenvalue weighted by Gasteiger charge is -2.44. The third-order valence-corrected chi connectivity index (χ3v) is 4.63. The third-order valence-electron chi connectivity index (χ3n) is 4.63. The number of carbonyl (C=O) groups excluding carboxylic acids is 3. The van der Waals surface area contributed by atoms with Crippen molar-refractivity contribution < 1.29 is 19.1 Å². The van der Waals surface area contributed by atoms with Crippen LogP contribution in [-0.4, -0.2) is 34.3 Å². The first kappa shape index (κ1) is 20.6. The molecule has 1 aliphatic heterocycles. The van der Waals surface area contributed by atoms with Crippen LogP contribution in [-0.2, 0) is 25.7 Å². The smallest absolute Gasteiger partial charge is 0.329 e. The summed E-state index contributed by atoms with van der Waals surface area (Å²) in [4.78, 5) is 39.5. The van der Waals surface area contributed by atoms with Crippen LogP contribution in [0.15, 0.2) is 60.7 Å². The average molecular weight is 394 g/mol. The number of hydrogen-bond donors (Lipinski definition) is 1. The van der Waals surface area contributed by atoms with Crippen LogP contribution in [0.4, 0.5) is 0 Å². The molecule has 0 saturated carbocycles. The highest BCUT2D eigenvalue weighted by Gasteiger charge is 2.49. The second-order valence-electron chi connectivity index (χ2n) is 8.17. The molecule has 6 heteroatoms. The van der Waals surface area contributed by atoms with E-state index in [0.29, 0.717) is 5.56 Å². The maximum absolute atomic E-state index is 13.0. The van der Waals surface area contributed by atoms with Crippen molar-refractivity contribution in [1.82, 2.24) is 10.2 Å². The van der Waals surface area contributed by atoms with E-state index < -0.39 is 23.6 Å². The topological polar surface area (TPSA) is 75.7 Å². The van der Waals surface area contributed by atoms with Crippen molar-refractivity contribution in [3.63, 3.8) is 0 Å². The summed E-state index contributed by atoms with van der Waals surface area (Å²) >= 11 is 0. The molecule has 0 aliphatic carbocycles. The van der Waals surface area contributed by atoms with Gasteiger partial charge in [-0.05, 0) is 31.9 Å². The monoisotopic (exact) mass is 394 g/mol. The average Bonchev–Trinajstić information content (AvgIpc) is 2.68. The van der Waals surface area contributed by atoms with Crippen LogP contribution in [0.2, 0.25) is 0 Å². The van der Waals surface area contributed by atoms with E-state index in [9.17, 15) is 14.4 Å². The Labute approximate surface area is 170 Å². The van der Waals surface area contributed by atoms with E-state index in [4.69, 9.17) is 4.74 Å². The fourth-order valence-corrected chi connectivity index (χ4v) is 3.29. The van der Waals surface area contributed by atoms with Gasteiger partial charge in [0.05, 0.1) is 6.42 Å². The predicted octanol–water partition coefficient (Wildman–Crippen LogP) is 2.99. The predicted molar refractivity (Wildman–Crippen MR) is 109 cm³/mol. The lowest BCUT2D eigenvalue weighted by Crippen LogP contribution is -2.61. The second kappa shape index (κ2) is 8.47. The molecule has 0 radical (unpaired) electrons. The van der Waals surface area contributed by atoms with Gasteiger partial charge < -0.3 is 15.0 Å². The second-order valence-corrected chi connectivity index (χ2v) is 8.17. The van der Waals surface area contributed by atoms with Gasteiger partial charge in [0.2, 0.25) is 11.8 Å². The third kappa shape index (κ3) is 5.02. The summed E-state index contributed by atoms with van der Waals surface area (Å²) in [5.41, 5.74) is 1.05. The molecule has 152 valence electrons. The molecule has 3 rings (SSSR count). The minimum Gasteiger partial charge on any atom is -0.459 e. The minimum atomic E-state index is -0.883. The normalized spacial score (nSPS) is 17.3. The summed E-state index contributed by atoms with van der Waals surface area (Å²) in [6.45, 7) is 5.74. The molecule has 2 amide bonds. The van der Waals surface area contributed by atoms with E-state index in [2.05, 4.69) is 5.32 Å². The molecule has 1 N–H and O–H groups in total. The Balaban J connectivity index is 1.79. The van der Waals surface area contributed by atoms with E-state index in [1.165, 1.54) is 4.90 Å². The Bertz CT molecular complexity index is 875. The van der Waals surface area contributed by atoms with Gasteiger partial charge in [-0.3, -0.25) is 9.59 Å². The molecule has 0 bridgehead atoms. The lowest BCUT2D eigenvalue weighted by atomic mass is 9.93. The summed E-state index contributed by atoms with van der Waals surface area (Å²) in [5.74, 6) is -1.07. The van der Waals surface area contributed by atoms with Crippen molar-refractivity contribution in [3.05, 3.63) is 71.8 Å². The van der Waals surface area contributed by atoms with Gasteiger partial charge in [0, 0.05) is 5.54 Å². The van der Waals surface area contributed by atoms with Crippen LogP contribution in [0, 0.1) is 0 Å². The molecule has 1 saturated heterocycles. The molecule has 2 aromatic rings. The van der Waals surface area contributed by atoms with Gasteiger partial charge in [-0.15, -0.1) is 0 Å². The van der Waals surface area contributed by atoms with E-state index in [0.717, 1.165) is 5.56 Å². The summed E-state index contributed by atoms with van der Waals surface area (Å²) < 4.78 is 5.41. The van der Waals surface area contributed by atoms with Crippen LogP contribution in [0.1, 0.15) is 44.4 Å². The van der Waals surface area contributed by atoms with Gasteiger partial charge in [0.25, 0.3) is 0 Å². The van der Waals surface area contributed by atoms with Crippen molar-refractivity contribution in [3.8, 4) is 0 Å². The first-order valence-corrected chi connectivity index (χ1v) is 9.65. The molecule has 1 unspecified atom stereocenters. The quantitative estimate of drug-likeness (QED) is 0.604. The molecule has 1 heterocycles. The van der Waals surface area contributed by atoms with Crippen LogP contribution in [0.3, 0.4) is 0 Å². The molecule has 1 aliphatic rings. The van der Waals surface area contributed by atoms with Crippen LogP contribution in [0.5, 0.6) is 0 Å². The fraction of sp³-hybridized carbons (Fsp3) is 0.348. The number of hydrogen-bond acceptors (Lipinski definition) is 4. The maximum Gasteiger partial charge on any atom is 0.329 e. The summed E-state index contributed by atoms with van der Waals surface area (Å²) in [6, 6.07) is 16.7. The fourth-order valence-electron chi connectivity index (χ4n) is 3.29. The number of esters is 1. The lowest BCUT2D eigenvalue weighted by molar-refractivity contribution is -0.172. The Kier molecular flexibility index (Phi) is 6.01. The largest absolute Gasteiger partial charge is 0.459 e. The van der Waals surface area contributed by atoms with E-state index >= 15 is 0 Å². The van der Waals surface area contributed by atoms with Crippen LogP contribution < -0.4 is 5.32 Å². The zero-order valence-electron chi connectivity index (χ0n) is 16.9. The minimum absolute atomic E-state index is 0.0414.